The van der Waals surface area contributed by atoms with E-state index in [4.69, 9.17) is 4.74 Å². The van der Waals surface area contributed by atoms with E-state index in [1.807, 2.05) is 0 Å². The van der Waals surface area contributed by atoms with Gasteiger partial charge in [0, 0.05) is 0 Å². The van der Waals surface area contributed by atoms with E-state index < -0.39 is 12.6 Å². The summed E-state index contributed by atoms with van der Waals surface area (Å²) < 4.78 is 48.9. The minimum absolute atomic E-state index is 0.0390. The lowest BCUT2D eigenvalue weighted by Crippen LogP contribution is -2.30. The minimum atomic E-state index is -2.93. The molecule has 0 saturated heterocycles. The molecule has 0 radical (unpaired) electrons. The van der Waals surface area contributed by atoms with Crippen LogP contribution < -0.4 is 9.47 Å². The Morgan fingerprint density at radius 1 is 0.969 bits per heavy atom. The van der Waals surface area contributed by atoms with E-state index in [0.29, 0.717) is 23.3 Å². The van der Waals surface area contributed by atoms with Gasteiger partial charge in [0.1, 0.15) is 17.3 Å². The first-order chi connectivity index (χ1) is 15.4. The van der Waals surface area contributed by atoms with Crippen molar-refractivity contribution in [2.75, 3.05) is 0 Å². The fourth-order valence-corrected chi connectivity index (χ4v) is 5.26. The van der Waals surface area contributed by atoms with Crippen molar-refractivity contribution < 1.29 is 27.4 Å². The molecule has 0 N–H and O–H groups in total. The Bertz CT molecular complexity index is 957. The number of benzene rings is 2. The van der Waals surface area contributed by atoms with Gasteiger partial charge in [0.25, 0.3) is 0 Å². The van der Waals surface area contributed by atoms with Crippen molar-refractivity contribution in [2.24, 2.45) is 17.8 Å². The molecule has 2 aromatic carbocycles. The lowest BCUT2D eigenvalue weighted by atomic mass is 9.64. The number of ether oxygens (including phenoxy) is 2. The van der Waals surface area contributed by atoms with Crippen LogP contribution in [-0.4, -0.2) is 12.6 Å². The summed E-state index contributed by atoms with van der Waals surface area (Å²) in [6, 6.07) is 9.77. The largest absolute Gasteiger partial charge is 0.435 e. The van der Waals surface area contributed by atoms with Crippen LogP contribution in [0.5, 0.6) is 11.5 Å². The third kappa shape index (κ3) is 5.17. The predicted molar refractivity (Wildman–Crippen MR) is 116 cm³/mol. The molecule has 0 amide bonds. The molecule has 2 aliphatic rings. The van der Waals surface area contributed by atoms with Gasteiger partial charge in [-0.3, -0.25) is 0 Å². The predicted octanol–water partition coefficient (Wildman–Crippen LogP) is 7.13. The van der Waals surface area contributed by atoms with Crippen LogP contribution >= 0.6 is 0 Å². The molecule has 0 spiro atoms. The molecule has 4 atom stereocenters. The maximum atomic E-state index is 14.9. The number of carbonyl (C=O) groups excluding carboxylic acids is 1. The number of fused-ring (bicyclic) bond motifs is 1. The van der Waals surface area contributed by atoms with Gasteiger partial charge < -0.3 is 9.47 Å². The average Bonchev–Trinajstić information content (AvgIpc) is 2.79. The summed E-state index contributed by atoms with van der Waals surface area (Å²) in [6.07, 6.45) is 8.66. The number of allylic oxidation sites excluding steroid dienone is 1. The van der Waals surface area contributed by atoms with Gasteiger partial charge in [0.2, 0.25) is 0 Å². The van der Waals surface area contributed by atoms with Crippen LogP contribution in [-0.2, 0) is 0 Å². The van der Waals surface area contributed by atoms with Gasteiger partial charge in [-0.1, -0.05) is 12.1 Å². The van der Waals surface area contributed by atoms with Crippen molar-refractivity contribution in [1.29, 1.82) is 0 Å². The van der Waals surface area contributed by atoms with E-state index in [0.717, 1.165) is 19.3 Å². The SMILES string of the molecule is C=CC1CCC2CC(c3ccc(C(=O)Oc4ccc(OC(F)F)cc4)cc3F)CCC2C1. The van der Waals surface area contributed by atoms with Crippen LogP contribution in [0, 0.1) is 23.6 Å². The van der Waals surface area contributed by atoms with E-state index in [-0.39, 0.29) is 28.8 Å². The van der Waals surface area contributed by atoms with E-state index in [9.17, 15) is 18.0 Å². The molecule has 32 heavy (non-hydrogen) atoms. The second-order valence-electron chi connectivity index (χ2n) is 8.81. The Balaban J connectivity index is 1.39. The number of carbonyl (C=O) groups is 1. The first kappa shape index (κ1) is 22.4. The fraction of sp³-hybridized carbons (Fsp3) is 0.423. The van der Waals surface area contributed by atoms with Crippen LogP contribution in [0.4, 0.5) is 13.2 Å². The Hall–Kier alpha value is -2.76. The van der Waals surface area contributed by atoms with E-state index in [1.165, 1.54) is 49.6 Å². The molecule has 2 fully saturated rings. The average molecular weight is 444 g/mol. The zero-order chi connectivity index (χ0) is 22.7. The fourth-order valence-electron chi connectivity index (χ4n) is 5.26. The van der Waals surface area contributed by atoms with Crippen molar-refractivity contribution in [3.05, 3.63) is 72.1 Å². The molecule has 0 aliphatic heterocycles. The molecule has 6 heteroatoms. The van der Waals surface area contributed by atoms with E-state index in [1.54, 1.807) is 12.1 Å². The Morgan fingerprint density at radius 2 is 1.66 bits per heavy atom. The molecule has 2 aliphatic carbocycles. The van der Waals surface area contributed by atoms with Crippen molar-refractivity contribution in [3.8, 4) is 11.5 Å². The van der Waals surface area contributed by atoms with Gasteiger partial charge in [-0.15, -0.1) is 6.58 Å². The summed E-state index contributed by atoms with van der Waals surface area (Å²) in [5.41, 5.74) is 0.777. The van der Waals surface area contributed by atoms with Crippen molar-refractivity contribution in [2.45, 2.75) is 51.1 Å². The second-order valence-corrected chi connectivity index (χ2v) is 8.81. The number of halogens is 3. The highest BCUT2D eigenvalue weighted by Crippen LogP contribution is 2.48. The Kier molecular flexibility index (Phi) is 6.87. The smallest absolute Gasteiger partial charge is 0.387 e. The number of rotatable bonds is 6. The second kappa shape index (κ2) is 9.80. The topological polar surface area (TPSA) is 35.5 Å². The molecule has 0 aromatic heterocycles. The minimum Gasteiger partial charge on any atom is -0.435 e. The molecule has 0 heterocycles. The summed E-state index contributed by atoms with van der Waals surface area (Å²) in [5.74, 6) is 1.15. The summed E-state index contributed by atoms with van der Waals surface area (Å²) in [5, 5.41) is 0. The maximum Gasteiger partial charge on any atom is 0.387 e. The zero-order valence-electron chi connectivity index (χ0n) is 17.8. The number of hydrogen-bond acceptors (Lipinski definition) is 3. The van der Waals surface area contributed by atoms with Crippen LogP contribution in [0.1, 0.15) is 60.4 Å². The van der Waals surface area contributed by atoms with Crippen LogP contribution in [0.3, 0.4) is 0 Å². The third-order valence-corrected chi connectivity index (χ3v) is 6.92. The maximum absolute atomic E-state index is 14.9. The molecule has 170 valence electrons. The monoisotopic (exact) mass is 444 g/mol. The Labute approximate surface area is 186 Å². The van der Waals surface area contributed by atoms with Crippen molar-refractivity contribution >= 4 is 5.97 Å². The van der Waals surface area contributed by atoms with Crippen molar-refractivity contribution in [1.82, 2.24) is 0 Å². The first-order valence-electron chi connectivity index (χ1n) is 11.1. The molecule has 0 bridgehead atoms. The normalized spacial score (nSPS) is 25.1. The highest BCUT2D eigenvalue weighted by atomic mass is 19.3. The summed E-state index contributed by atoms with van der Waals surface area (Å²) >= 11 is 0. The molecule has 4 unspecified atom stereocenters. The molecule has 4 rings (SSSR count). The molecule has 2 saturated carbocycles. The lowest BCUT2D eigenvalue weighted by molar-refractivity contribution is -0.0498. The third-order valence-electron chi connectivity index (χ3n) is 6.92. The van der Waals surface area contributed by atoms with Crippen molar-refractivity contribution in [3.63, 3.8) is 0 Å². The van der Waals surface area contributed by atoms with Gasteiger partial charge >= 0.3 is 12.6 Å². The number of esters is 1. The van der Waals surface area contributed by atoms with Gasteiger partial charge in [0.15, 0.2) is 0 Å². The summed E-state index contributed by atoms with van der Waals surface area (Å²) in [4.78, 5) is 12.4. The first-order valence-corrected chi connectivity index (χ1v) is 11.1. The molecule has 2 aromatic rings. The van der Waals surface area contributed by atoms with E-state index in [2.05, 4.69) is 17.4 Å². The summed E-state index contributed by atoms with van der Waals surface area (Å²) in [6.45, 7) is 1.01. The van der Waals surface area contributed by atoms with E-state index >= 15 is 0 Å². The van der Waals surface area contributed by atoms with Crippen LogP contribution in [0.25, 0.3) is 0 Å². The van der Waals surface area contributed by atoms with Gasteiger partial charge in [-0.2, -0.15) is 8.78 Å². The Morgan fingerprint density at radius 3 is 2.34 bits per heavy atom. The van der Waals surface area contributed by atoms with Gasteiger partial charge in [-0.05, 0) is 104 Å². The number of alkyl halides is 2. The molecule has 3 nitrogen and oxygen atoms in total. The van der Waals surface area contributed by atoms with Gasteiger partial charge in [0.05, 0.1) is 5.56 Å². The standard InChI is InChI=1S/C26H27F3O3/c1-2-16-3-4-18-14-19(6-5-17(18)13-16)23-12-7-20(15-24(23)27)25(30)31-21-8-10-22(11-9-21)32-26(28)29/h2,7-12,15-19,26H,1,3-6,13-14H2. The van der Waals surface area contributed by atoms with Gasteiger partial charge in [-0.25, -0.2) is 9.18 Å². The van der Waals surface area contributed by atoms with Crippen LogP contribution in [0.2, 0.25) is 0 Å². The number of hydrogen-bond donors (Lipinski definition) is 0. The quantitative estimate of drug-likeness (QED) is 0.270. The summed E-state index contributed by atoms with van der Waals surface area (Å²) in [7, 11) is 0. The highest BCUT2D eigenvalue weighted by Gasteiger charge is 2.36. The molecular formula is C26H27F3O3. The zero-order valence-corrected chi connectivity index (χ0v) is 17.8. The lowest BCUT2D eigenvalue weighted by Gasteiger charge is -2.41. The molecular weight excluding hydrogens is 417 g/mol. The highest BCUT2D eigenvalue weighted by molar-refractivity contribution is 5.91. The van der Waals surface area contributed by atoms with Crippen LogP contribution in [0.15, 0.2) is 55.1 Å².